The number of benzene rings is 1. The van der Waals surface area contributed by atoms with Gasteiger partial charge < -0.3 is 14.9 Å². The lowest BCUT2D eigenvalue weighted by Crippen LogP contribution is -2.39. The van der Waals surface area contributed by atoms with E-state index in [1.165, 1.54) is 45.3 Å². The Balaban J connectivity index is 1.88. The molecule has 0 spiro atoms. The average Bonchev–Trinajstić information content (AvgIpc) is 2.63. The van der Waals surface area contributed by atoms with Gasteiger partial charge in [-0.15, -0.1) is 0 Å². The van der Waals surface area contributed by atoms with Gasteiger partial charge in [0, 0.05) is 6.04 Å². The van der Waals surface area contributed by atoms with Gasteiger partial charge in [-0.25, -0.2) is 0 Å². The average molecular weight is 347 g/mol. The molecule has 0 amide bonds. The van der Waals surface area contributed by atoms with Gasteiger partial charge in [-0.2, -0.15) is 0 Å². The van der Waals surface area contributed by atoms with Crippen LogP contribution in [0.4, 0.5) is 0 Å². The van der Waals surface area contributed by atoms with Crippen molar-refractivity contribution in [3.63, 3.8) is 0 Å². The fourth-order valence-electron chi connectivity index (χ4n) is 3.89. The molecule has 0 saturated carbocycles. The molecule has 2 rings (SSSR count). The molecule has 3 nitrogen and oxygen atoms in total. The number of aliphatic hydroxyl groups excluding tert-OH is 1. The fraction of sp³-hybridized carbons (Fsp3) is 0.727. The number of likely N-dealkylation sites (N-methyl/N-ethyl adjacent to an activating group) is 1. The molecule has 3 heteroatoms. The van der Waals surface area contributed by atoms with E-state index in [1.54, 1.807) is 0 Å². The van der Waals surface area contributed by atoms with E-state index in [0.717, 1.165) is 24.9 Å². The van der Waals surface area contributed by atoms with Crippen LogP contribution < -0.4 is 0 Å². The summed E-state index contributed by atoms with van der Waals surface area (Å²) in [6.07, 6.45) is 7.12. The van der Waals surface area contributed by atoms with Gasteiger partial charge in [-0.05, 0) is 76.8 Å². The van der Waals surface area contributed by atoms with Crippen LogP contribution in [0, 0.1) is 5.92 Å². The molecular weight excluding hydrogens is 308 g/mol. The second-order valence-corrected chi connectivity index (χ2v) is 8.13. The minimum absolute atomic E-state index is 0.200. The van der Waals surface area contributed by atoms with Crippen molar-refractivity contribution in [2.75, 3.05) is 33.2 Å². The maximum atomic E-state index is 11.0. The monoisotopic (exact) mass is 346 g/mol. The van der Waals surface area contributed by atoms with E-state index in [4.69, 9.17) is 0 Å². The molecule has 0 aromatic heterocycles. The van der Waals surface area contributed by atoms with Crippen LogP contribution >= 0.6 is 0 Å². The van der Waals surface area contributed by atoms with Crippen LogP contribution in [0.1, 0.15) is 64.0 Å². The van der Waals surface area contributed by atoms with Gasteiger partial charge in [0.15, 0.2) is 0 Å². The summed E-state index contributed by atoms with van der Waals surface area (Å²) in [6, 6.07) is 10.4. The van der Waals surface area contributed by atoms with Crippen molar-refractivity contribution in [2.24, 2.45) is 5.92 Å². The maximum absolute atomic E-state index is 11.0. The number of nitrogens with zero attached hydrogens (tertiary/aromatic N) is 2. The van der Waals surface area contributed by atoms with Crippen molar-refractivity contribution in [3.8, 4) is 0 Å². The Morgan fingerprint density at radius 1 is 1.04 bits per heavy atom. The summed E-state index contributed by atoms with van der Waals surface area (Å²) in [5.41, 5.74) is 1.04. The molecule has 25 heavy (non-hydrogen) atoms. The van der Waals surface area contributed by atoms with E-state index in [9.17, 15) is 5.11 Å². The highest BCUT2D eigenvalue weighted by Crippen LogP contribution is 2.25. The van der Waals surface area contributed by atoms with Crippen LogP contribution in [-0.4, -0.2) is 54.2 Å². The van der Waals surface area contributed by atoms with Crippen LogP contribution in [-0.2, 0) is 0 Å². The van der Waals surface area contributed by atoms with Gasteiger partial charge >= 0.3 is 0 Å². The summed E-state index contributed by atoms with van der Waals surface area (Å²) in [4.78, 5) is 5.00. The third-order valence-electron chi connectivity index (χ3n) is 5.55. The molecule has 1 fully saturated rings. The zero-order valence-corrected chi connectivity index (χ0v) is 16.5. The molecule has 1 aromatic rings. The van der Waals surface area contributed by atoms with Gasteiger partial charge in [0.05, 0.1) is 6.10 Å². The normalized spacial score (nSPS) is 18.6. The summed E-state index contributed by atoms with van der Waals surface area (Å²) >= 11 is 0. The van der Waals surface area contributed by atoms with E-state index in [-0.39, 0.29) is 6.04 Å². The quantitative estimate of drug-likeness (QED) is 0.683. The molecule has 1 aliphatic heterocycles. The summed E-state index contributed by atoms with van der Waals surface area (Å²) in [6.45, 7) is 9.33. The minimum Gasteiger partial charge on any atom is -0.387 e. The fourth-order valence-corrected chi connectivity index (χ4v) is 3.89. The predicted molar refractivity (Wildman–Crippen MR) is 107 cm³/mol. The first-order valence-electron chi connectivity index (χ1n) is 10.2. The molecule has 0 radical (unpaired) electrons. The zero-order chi connectivity index (χ0) is 18.1. The van der Waals surface area contributed by atoms with Crippen molar-refractivity contribution in [2.45, 2.75) is 64.5 Å². The molecule has 142 valence electrons. The van der Waals surface area contributed by atoms with Crippen molar-refractivity contribution in [1.82, 2.24) is 9.80 Å². The topological polar surface area (TPSA) is 26.7 Å². The molecule has 1 aliphatic rings. The zero-order valence-electron chi connectivity index (χ0n) is 16.5. The Bertz CT molecular complexity index is 456. The summed E-state index contributed by atoms with van der Waals surface area (Å²) in [5, 5.41) is 11.0. The highest BCUT2D eigenvalue weighted by atomic mass is 16.3. The molecule has 1 heterocycles. The number of piperidine rings is 1. The third-order valence-corrected chi connectivity index (χ3v) is 5.55. The van der Waals surface area contributed by atoms with Crippen LogP contribution in [0.15, 0.2) is 30.3 Å². The molecular formula is C22H38N2O. The highest BCUT2D eigenvalue weighted by molar-refractivity contribution is 5.18. The first-order valence-corrected chi connectivity index (χ1v) is 10.2. The third kappa shape index (κ3) is 7.08. The van der Waals surface area contributed by atoms with Crippen molar-refractivity contribution in [1.29, 1.82) is 0 Å². The number of hydrogen-bond acceptors (Lipinski definition) is 3. The molecule has 0 aliphatic carbocycles. The maximum Gasteiger partial charge on any atom is 0.0945 e. The molecule has 1 N–H and O–H groups in total. The lowest BCUT2D eigenvalue weighted by atomic mass is 9.94. The summed E-state index contributed by atoms with van der Waals surface area (Å²) in [5.74, 6) is 0.673. The molecule has 1 saturated heterocycles. The van der Waals surface area contributed by atoms with Gasteiger partial charge in [-0.3, -0.25) is 0 Å². The predicted octanol–water partition coefficient (Wildman–Crippen LogP) is 4.33. The Kier molecular flexibility index (Phi) is 8.94. The van der Waals surface area contributed by atoms with Gasteiger partial charge in [0.25, 0.3) is 0 Å². The van der Waals surface area contributed by atoms with E-state index < -0.39 is 6.10 Å². The van der Waals surface area contributed by atoms with Gasteiger partial charge in [0.2, 0.25) is 0 Å². The highest BCUT2D eigenvalue weighted by Gasteiger charge is 2.25. The molecule has 2 atom stereocenters. The van der Waals surface area contributed by atoms with E-state index in [0.29, 0.717) is 5.92 Å². The standard InChI is InChI=1S/C22H38N2O/c1-19(2)13-14-21(22(25)20-11-6-4-7-12-20)23(3)15-10-18-24-16-8-5-9-17-24/h4,6-7,11-12,19,21-22,25H,5,8-10,13-18H2,1-3H3. The first kappa shape index (κ1) is 20.4. The van der Waals surface area contributed by atoms with E-state index in [1.807, 2.05) is 18.2 Å². The SMILES string of the molecule is CC(C)CCC(C(O)c1ccccc1)N(C)CCCN1CCCCC1. The van der Waals surface area contributed by atoms with Crippen LogP contribution in [0.5, 0.6) is 0 Å². The number of hydrogen-bond donors (Lipinski definition) is 1. The minimum atomic E-state index is -0.403. The Morgan fingerprint density at radius 3 is 2.36 bits per heavy atom. The number of aliphatic hydroxyl groups is 1. The smallest absolute Gasteiger partial charge is 0.0945 e. The van der Waals surface area contributed by atoms with Crippen molar-refractivity contribution in [3.05, 3.63) is 35.9 Å². The van der Waals surface area contributed by atoms with Crippen LogP contribution in [0.3, 0.4) is 0 Å². The summed E-state index contributed by atoms with van der Waals surface area (Å²) in [7, 11) is 2.19. The molecule has 1 aromatic carbocycles. The Labute approximate surface area is 155 Å². The first-order chi connectivity index (χ1) is 12.1. The molecule has 2 unspecified atom stereocenters. The van der Waals surface area contributed by atoms with Crippen LogP contribution in [0.25, 0.3) is 0 Å². The molecule has 0 bridgehead atoms. The van der Waals surface area contributed by atoms with Gasteiger partial charge in [-0.1, -0.05) is 50.6 Å². The van der Waals surface area contributed by atoms with Crippen molar-refractivity contribution < 1.29 is 5.11 Å². The largest absolute Gasteiger partial charge is 0.387 e. The van der Waals surface area contributed by atoms with Crippen molar-refractivity contribution >= 4 is 0 Å². The van der Waals surface area contributed by atoms with Gasteiger partial charge in [0.1, 0.15) is 0 Å². The van der Waals surface area contributed by atoms with E-state index >= 15 is 0 Å². The Morgan fingerprint density at radius 2 is 1.72 bits per heavy atom. The summed E-state index contributed by atoms with van der Waals surface area (Å²) < 4.78 is 0. The van der Waals surface area contributed by atoms with E-state index in [2.05, 4.69) is 42.8 Å². The second kappa shape index (κ2) is 10.9. The second-order valence-electron chi connectivity index (χ2n) is 8.13. The van der Waals surface area contributed by atoms with Crippen LogP contribution in [0.2, 0.25) is 0 Å². The number of rotatable bonds is 10. The lowest BCUT2D eigenvalue weighted by molar-refractivity contribution is 0.0519. The number of likely N-dealkylation sites (tertiary alicyclic amines) is 1. The lowest BCUT2D eigenvalue weighted by Gasteiger charge is -2.34. The Hall–Kier alpha value is -0.900.